The Balaban J connectivity index is 1.33. The number of nitrogens with zero attached hydrogens (tertiary/aromatic N) is 5. The molecule has 9 heteroatoms. The van der Waals surface area contributed by atoms with Gasteiger partial charge in [0, 0.05) is 62.1 Å². The van der Waals surface area contributed by atoms with Crippen LogP contribution in [0, 0.1) is 0 Å². The maximum atomic E-state index is 13.8. The number of anilines is 2. The summed E-state index contributed by atoms with van der Waals surface area (Å²) in [6.07, 6.45) is 6.47. The van der Waals surface area contributed by atoms with Crippen LogP contribution in [0.25, 0.3) is 6.08 Å². The van der Waals surface area contributed by atoms with Gasteiger partial charge in [-0.2, -0.15) is 13.2 Å². The van der Waals surface area contributed by atoms with E-state index in [1.807, 2.05) is 24.1 Å². The number of carbonyl (C=O) groups excluding carboxylic acids is 1. The summed E-state index contributed by atoms with van der Waals surface area (Å²) in [6.45, 7) is 4.51. The standard InChI is InChI=1S/C34H40F3N5O/c1-39-22-17-31(18-23-39)41-21-3-4-32(25-41)42(33(43)14-9-26-5-10-28(11-6-26)34(35,36)37)24-27-7-12-29(13-8-27)40(2)30-15-19-38-20-16-30/h5-16,19-20,31-32H,3-4,17-18,21-25H2,1-2H3/b14-9+/t32-/m1/s1. The molecule has 3 aromatic rings. The van der Waals surface area contributed by atoms with E-state index in [4.69, 9.17) is 0 Å². The van der Waals surface area contributed by atoms with Crippen LogP contribution in [-0.4, -0.2) is 77.9 Å². The topological polar surface area (TPSA) is 42.9 Å². The van der Waals surface area contributed by atoms with Crippen LogP contribution < -0.4 is 4.90 Å². The summed E-state index contributed by atoms with van der Waals surface area (Å²) in [7, 11) is 4.17. The van der Waals surface area contributed by atoms with Crippen molar-refractivity contribution in [3.05, 3.63) is 95.8 Å². The van der Waals surface area contributed by atoms with Crippen molar-refractivity contribution in [3.8, 4) is 0 Å². The molecular weight excluding hydrogens is 551 g/mol. The van der Waals surface area contributed by atoms with Gasteiger partial charge in [0.05, 0.1) is 5.56 Å². The number of alkyl halides is 3. The predicted octanol–water partition coefficient (Wildman–Crippen LogP) is 6.47. The van der Waals surface area contributed by atoms with Crippen LogP contribution in [0.15, 0.2) is 79.1 Å². The van der Waals surface area contributed by atoms with E-state index in [1.165, 1.54) is 18.2 Å². The molecule has 0 bridgehead atoms. The second kappa shape index (κ2) is 13.7. The molecule has 2 fully saturated rings. The molecule has 0 saturated carbocycles. The number of piperidine rings is 2. The Hall–Kier alpha value is -3.69. The van der Waals surface area contributed by atoms with Crippen molar-refractivity contribution in [1.29, 1.82) is 0 Å². The van der Waals surface area contributed by atoms with E-state index < -0.39 is 11.7 Å². The molecule has 1 aromatic heterocycles. The number of amides is 1. The van der Waals surface area contributed by atoms with Gasteiger partial charge in [-0.1, -0.05) is 24.3 Å². The first kappa shape index (κ1) is 30.8. The van der Waals surface area contributed by atoms with Crippen molar-refractivity contribution in [2.24, 2.45) is 0 Å². The lowest BCUT2D eigenvalue weighted by Gasteiger charge is -2.44. The highest BCUT2D eigenvalue weighted by molar-refractivity contribution is 5.92. The molecular formula is C34H40F3N5O. The summed E-state index contributed by atoms with van der Waals surface area (Å²) >= 11 is 0. The van der Waals surface area contributed by atoms with Crippen molar-refractivity contribution in [2.75, 3.05) is 45.2 Å². The summed E-state index contributed by atoms with van der Waals surface area (Å²) in [5.41, 5.74) is 2.94. The fraction of sp³-hybridized carbons (Fsp3) is 0.412. The van der Waals surface area contributed by atoms with Gasteiger partial charge in [0.15, 0.2) is 0 Å². The molecule has 2 aliphatic rings. The third-order valence-corrected chi connectivity index (χ3v) is 8.74. The maximum absolute atomic E-state index is 13.8. The Morgan fingerprint density at radius 1 is 0.930 bits per heavy atom. The molecule has 0 radical (unpaired) electrons. The summed E-state index contributed by atoms with van der Waals surface area (Å²) in [5.74, 6) is -0.131. The van der Waals surface area contributed by atoms with Gasteiger partial charge in [0.1, 0.15) is 0 Å². The zero-order valence-corrected chi connectivity index (χ0v) is 24.9. The van der Waals surface area contributed by atoms with Crippen LogP contribution in [0.3, 0.4) is 0 Å². The Kier molecular flexibility index (Phi) is 9.82. The number of likely N-dealkylation sites (tertiary alicyclic amines) is 2. The molecule has 0 aliphatic carbocycles. The first-order chi connectivity index (χ1) is 20.7. The summed E-state index contributed by atoms with van der Waals surface area (Å²) in [5, 5.41) is 0. The summed E-state index contributed by atoms with van der Waals surface area (Å²) in [6, 6.07) is 17.6. The van der Waals surface area contributed by atoms with Crippen LogP contribution in [-0.2, 0) is 17.5 Å². The third-order valence-electron chi connectivity index (χ3n) is 8.74. The molecule has 2 saturated heterocycles. The first-order valence-corrected chi connectivity index (χ1v) is 15.0. The van der Waals surface area contributed by atoms with E-state index in [0.29, 0.717) is 18.2 Å². The minimum absolute atomic E-state index is 0.0531. The molecule has 0 N–H and O–H groups in total. The van der Waals surface area contributed by atoms with Crippen LogP contribution in [0.1, 0.15) is 42.4 Å². The highest BCUT2D eigenvalue weighted by atomic mass is 19.4. The van der Waals surface area contributed by atoms with E-state index in [0.717, 1.165) is 80.9 Å². The lowest BCUT2D eigenvalue weighted by molar-refractivity contribution is -0.137. The molecule has 1 amide bonds. The quantitative estimate of drug-likeness (QED) is 0.281. The van der Waals surface area contributed by atoms with E-state index in [9.17, 15) is 18.0 Å². The monoisotopic (exact) mass is 591 g/mol. The second-order valence-corrected chi connectivity index (χ2v) is 11.7. The van der Waals surface area contributed by atoms with Crippen LogP contribution >= 0.6 is 0 Å². The average Bonchev–Trinajstić information content (AvgIpc) is 3.03. The van der Waals surface area contributed by atoms with E-state index in [-0.39, 0.29) is 11.9 Å². The molecule has 2 aromatic carbocycles. The number of benzene rings is 2. The molecule has 6 nitrogen and oxygen atoms in total. The van der Waals surface area contributed by atoms with E-state index in [2.05, 4.69) is 51.0 Å². The second-order valence-electron chi connectivity index (χ2n) is 11.7. The van der Waals surface area contributed by atoms with Gasteiger partial charge >= 0.3 is 6.18 Å². The third kappa shape index (κ3) is 8.03. The average molecular weight is 592 g/mol. The largest absolute Gasteiger partial charge is 0.416 e. The van der Waals surface area contributed by atoms with Crippen LogP contribution in [0.5, 0.6) is 0 Å². The van der Waals surface area contributed by atoms with Gasteiger partial charge in [0.25, 0.3) is 0 Å². The molecule has 228 valence electrons. The number of halogens is 3. The number of aromatic nitrogens is 1. The maximum Gasteiger partial charge on any atom is 0.416 e. The number of hydrogen-bond donors (Lipinski definition) is 0. The zero-order valence-electron chi connectivity index (χ0n) is 24.9. The Labute approximate surface area is 252 Å². The lowest BCUT2D eigenvalue weighted by Crippen LogP contribution is -2.54. The van der Waals surface area contributed by atoms with Crippen molar-refractivity contribution in [1.82, 2.24) is 19.7 Å². The van der Waals surface area contributed by atoms with Gasteiger partial charge < -0.3 is 14.7 Å². The minimum Gasteiger partial charge on any atom is -0.345 e. The molecule has 3 heterocycles. The highest BCUT2D eigenvalue weighted by Gasteiger charge is 2.32. The van der Waals surface area contributed by atoms with E-state index >= 15 is 0 Å². The van der Waals surface area contributed by atoms with Crippen LogP contribution in [0.2, 0.25) is 0 Å². The van der Waals surface area contributed by atoms with Gasteiger partial charge in [-0.15, -0.1) is 0 Å². The lowest BCUT2D eigenvalue weighted by atomic mass is 9.97. The minimum atomic E-state index is -4.39. The smallest absolute Gasteiger partial charge is 0.345 e. The predicted molar refractivity (Wildman–Crippen MR) is 165 cm³/mol. The van der Waals surface area contributed by atoms with Gasteiger partial charge in [-0.3, -0.25) is 14.7 Å². The highest BCUT2D eigenvalue weighted by Crippen LogP contribution is 2.30. The van der Waals surface area contributed by atoms with E-state index in [1.54, 1.807) is 18.5 Å². The summed E-state index contributed by atoms with van der Waals surface area (Å²) in [4.78, 5) is 26.8. The molecule has 0 spiro atoms. The first-order valence-electron chi connectivity index (χ1n) is 15.0. The Morgan fingerprint density at radius 3 is 2.23 bits per heavy atom. The van der Waals surface area contributed by atoms with Crippen molar-refractivity contribution in [2.45, 2.75) is 50.5 Å². The summed E-state index contributed by atoms with van der Waals surface area (Å²) < 4.78 is 39.0. The SMILES string of the molecule is CN1CCC(N2CCC[C@@H](N(Cc3ccc(N(C)c4ccncc4)cc3)C(=O)/C=C/c3ccc(C(F)(F)F)cc3)C2)CC1. The van der Waals surface area contributed by atoms with Crippen LogP contribution in [0.4, 0.5) is 24.5 Å². The molecule has 2 aliphatic heterocycles. The van der Waals surface area contributed by atoms with Gasteiger partial charge in [0.2, 0.25) is 5.91 Å². The normalized spacial score (nSPS) is 19.0. The number of hydrogen-bond acceptors (Lipinski definition) is 5. The van der Waals surface area contributed by atoms with Crippen molar-refractivity contribution >= 4 is 23.4 Å². The number of pyridine rings is 1. The molecule has 1 atom stereocenters. The number of carbonyl (C=O) groups is 1. The molecule has 43 heavy (non-hydrogen) atoms. The molecule has 0 unspecified atom stereocenters. The molecule has 5 rings (SSSR count). The Morgan fingerprint density at radius 2 is 1.58 bits per heavy atom. The number of rotatable bonds is 8. The Bertz CT molecular complexity index is 1350. The van der Waals surface area contributed by atoms with Crippen molar-refractivity contribution < 1.29 is 18.0 Å². The fourth-order valence-corrected chi connectivity index (χ4v) is 6.10. The fourth-order valence-electron chi connectivity index (χ4n) is 6.10. The van der Waals surface area contributed by atoms with Gasteiger partial charge in [-0.05, 0) is 106 Å². The zero-order chi connectivity index (χ0) is 30.4. The van der Waals surface area contributed by atoms with Crippen molar-refractivity contribution in [3.63, 3.8) is 0 Å². The van der Waals surface area contributed by atoms with Gasteiger partial charge in [-0.25, -0.2) is 0 Å².